The van der Waals surface area contributed by atoms with Crippen molar-refractivity contribution < 1.29 is 4.74 Å². The fraction of sp³-hybridized carbons (Fsp3) is 0.586. The quantitative estimate of drug-likeness (QED) is 0.493. The Morgan fingerprint density at radius 3 is 2.59 bits per heavy atom. The highest BCUT2D eigenvalue weighted by molar-refractivity contribution is 5.74. The molecule has 2 saturated heterocycles. The number of piperidine rings is 1. The zero-order valence-electron chi connectivity index (χ0n) is 23.2. The third-order valence-electron chi connectivity index (χ3n) is 8.58. The second-order valence-electron chi connectivity index (χ2n) is 11.2. The van der Waals surface area contributed by atoms with Crippen molar-refractivity contribution in [3.05, 3.63) is 40.4 Å². The summed E-state index contributed by atoms with van der Waals surface area (Å²) in [5.74, 6) is 1.38. The first-order valence-electron chi connectivity index (χ1n) is 14.5. The summed E-state index contributed by atoms with van der Waals surface area (Å²) < 4.78 is 7.65. The number of likely N-dealkylation sites (N-methyl/N-ethyl adjacent to an activating group) is 1. The van der Waals surface area contributed by atoms with Gasteiger partial charge in [-0.15, -0.1) is 0 Å². The molecule has 4 heterocycles. The first-order chi connectivity index (χ1) is 19.1. The van der Waals surface area contributed by atoms with Crippen molar-refractivity contribution in [3.8, 4) is 5.75 Å². The van der Waals surface area contributed by atoms with Crippen LogP contribution in [0.5, 0.6) is 5.75 Å². The van der Waals surface area contributed by atoms with Gasteiger partial charge in [-0.25, -0.2) is 9.97 Å². The maximum Gasteiger partial charge on any atom is 0.274 e. The van der Waals surface area contributed by atoms with Gasteiger partial charge in [-0.3, -0.25) is 9.36 Å². The molecule has 1 atom stereocenters. The van der Waals surface area contributed by atoms with Gasteiger partial charge in [0.25, 0.3) is 5.56 Å². The van der Waals surface area contributed by atoms with E-state index in [2.05, 4.69) is 44.6 Å². The lowest BCUT2D eigenvalue weighted by atomic mass is 9.87. The SMILES string of the molecule is COc1cc(N2CCN(C)CC2)ccc1Nc1ncc2nc(C3CCCCC3)c(=O)n([C@@H]3CCCNC3)c2n1. The van der Waals surface area contributed by atoms with Gasteiger partial charge in [-0.05, 0) is 51.4 Å². The molecule has 39 heavy (non-hydrogen) atoms. The van der Waals surface area contributed by atoms with Crippen molar-refractivity contribution in [1.29, 1.82) is 0 Å². The van der Waals surface area contributed by atoms with Crippen LogP contribution in [0.4, 0.5) is 17.3 Å². The minimum Gasteiger partial charge on any atom is -0.494 e. The van der Waals surface area contributed by atoms with Crippen molar-refractivity contribution in [2.75, 3.05) is 63.6 Å². The van der Waals surface area contributed by atoms with Gasteiger partial charge in [0.05, 0.1) is 25.0 Å². The molecule has 0 radical (unpaired) electrons. The lowest BCUT2D eigenvalue weighted by molar-refractivity contribution is 0.312. The normalized spacial score (nSPS) is 21.3. The summed E-state index contributed by atoms with van der Waals surface area (Å²) in [7, 11) is 3.84. The van der Waals surface area contributed by atoms with Gasteiger partial charge in [0, 0.05) is 50.4 Å². The van der Waals surface area contributed by atoms with Crippen LogP contribution in [0.3, 0.4) is 0 Å². The van der Waals surface area contributed by atoms with Crippen LogP contribution in [0, 0.1) is 0 Å². The smallest absolute Gasteiger partial charge is 0.274 e. The van der Waals surface area contributed by atoms with E-state index >= 15 is 0 Å². The van der Waals surface area contributed by atoms with E-state index in [1.54, 1.807) is 13.3 Å². The van der Waals surface area contributed by atoms with E-state index in [0.717, 1.165) is 94.9 Å². The van der Waals surface area contributed by atoms with E-state index in [1.165, 1.54) is 6.42 Å². The number of hydrogen-bond acceptors (Lipinski definition) is 9. The lowest BCUT2D eigenvalue weighted by Gasteiger charge is -2.34. The van der Waals surface area contributed by atoms with E-state index in [4.69, 9.17) is 14.7 Å². The van der Waals surface area contributed by atoms with Crippen LogP contribution in [0.15, 0.2) is 29.2 Å². The number of anilines is 3. The van der Waals surface area contributed by atoms with Gasteiger partial charge in [0.15, 0.2) is 5.65 Å². The van der Waals surface area contributed by atoms with Gasteiger partial charge < -0.3 is 25.2 Å². The first kappa shape index (κ1) is 26.0. The maximum absolute atomic E-state index is 13.9. The molecule has 0 unspecified atom stereocenters. The predicted molar refractivity (Wildman–Crippen MR) is 155 cm³/mol. The standard InChI is InChI=1S/C29H40N8O2/c1-35-13-15-36(16-14-35)21-10-11-23(25(17-21)39-2)33-29-31-19-24-27(34-29)37(22-9-6-12-30-18-22)28(38)26(32-24)20-7-4-3-5-8-20/h10-11,17,19-20,22,30H,3-9,12-16,18H2,1-2H3,(H,31,33,34)/t22-/m1/s1. The Bertz CT molecular complexity index is 1360. The molecule has 10 heteroatoms. The van der Waals surface area contributed by atoms with Gasteiger partial charge in [-0.2, -0.15) is 4.98 Å². The summed E-state index contributed by atoms with van der Waals surface area (Å²) in [6, 6.07) is 6.25. The predicted octanol–water partition coefficient (Wildman–Crippen LogP) is 3.66. The fourth-order valence-electron chi connectivity index (χ4n) is 6.28. The van der Waals surface area contributed by atoms with Gasteiger partial charge in [0.2, 0.25) is 5.95 Å². The average Bonchev–Trinajstić information content (AvgIpc) is 2.98. The molecule has 1 saturated carbocycles. The Morgan fingerprint density at radius 1 is 1.03 bits per heavy atom. The highest BCUT2D eigenvalue weighted by atomic mass is 16.5. The zero-order valence-corrected chi connectivity index (χ0v) is 23.2. The highest BCUT2D eigenvalue weighted by Gasteiger charge is 2.27. The van der Waals surface area contributed by atoms with Crippen LogP contribution in [0.2, 0.25) is 0 Å². The van der Waals surface area contributed by atoms with Gasteiger partial charge in [-0.1, -0.05) is 19.3 Å². The van der Waals surface area contributed by atoms with E-state index in [0.29, 0.717) is 22.8 Å². The van der Waals surface area contributed by atoms with Crippen molar-refractivity contribution in [2.24, 2.45) is 0 Å². The number of piperazine rings is 1. The minimum absolute atomic E-state index is 0.0156. The zero-order chi connectivity index (χ0) is 26.8. The van der Waals surface area contributed by atoms with Crippen LogP contribution in [0.25, 0.3) is 11.2 Å². The number of benzene rings is 1. The van der Waals surface area contributed by atoms with Gasteiger partial charge >= 0.3 is 0 Å². The minimum atomic E-state index is 0.0156. The summed E-state index contributed by atoms with van der Waals surface area (Å²) in [6.07, 6.45) is 9.35. The highest BCUT2D eigenvalue weighted by Crippen LogP contribution is 2.33. The number of methoxy groups -OCH3 is 1. The summed E-state index contributed by atoms with van der Waals surface area (Å²) in [6.45, 7) is 5.81. The van der Waals surface area contributed by atoms with Crippen LogP contribution >= 0.6 is 0 Å². The Balaban J connectivity index is 1.34. The maximum atomic E-state index is 13.9. The molecule has 208 valence electrons. The fourth-order valence-corrected chi connectivity index (χ4v) is 6.28. The Morgan fingerprint density at radius 2 is 1.85 bits per heavy atom. The second kappa shape index (κ2) is 11.5. The molecule has 3 aliphatic rings. The molecule has 2 aliphatic heterocycles. The number of ether oxygens (including phenoxy) is 1. The summed E-state index contributed by atoms with van der Waals surface area (Å²) >= 11 is 0. The molecule has 3 aromatic rings. The van der Waals surface area contributed by atoms with Crippen LogP contribution < -0.4 is 25.8 Å². The topological polar surface area (TPSA) is 100 Å². The average molecular weight is 533 g/mol. The first-order valence-corrected chi connectivity index (χ1v) is 14.5. The van der Waals surface area contributed by atoms with Crippen molar-refractivity contribution in [1.82, 2.24) is 29.7 Å². The van der Waals surface area contributed by atoms with E-state index < -0.39 is 0 Å². The number of fused-ring (bicyclic) bond motifs is 1. The molecule has 2 aromatic heterocycles. The molecule has 2 N–H and O–H groups in total. The molecule has 0 bridgehead atoms. The molecule has 6 rings (SSSR count). The summed E-state index contributed by atoms with van der Waals surface area (Å²) in [4.78, 5) is 33.0. The Hall–Kier alpha value is -3.24. The second-order valence-corrected chi connectivity index (χ2v) is 11.2. The molecule has 0 amide bonds. The van der Waals surface area contributed by atoms with Gasteiger partial charge in [0.1, 0.15) is 17.0 Å². The molecule has 1 aromatic carbocycles. The number of rotatable bonds is 6. The number of nitrogens with zero attached hydrogens (tertiary/aromatic N) is 6. The molecular weight excluding hydrogens is 492 g/mol. The van der Waals surface area contributed by atoms with Crippen LogP contribution in [0.1, 0.15) is 62.6 Å². The van der Waals surface area contributed by atoms with E-state index in [-0.39, 0.29) is 17.5 Å². The Kier molecular flexibility index (Phi) is 7.65. The Labute approximate surface area is 229 Å². The van der Waals surface area contributed by atoms with E-state index in [1.807, 2.05) is 10.6 Å². The van der Waals surface area contributed by atoms with Crippen molar-refractivity contribution in [2.45, 2.75) is 56.9 Å². The third-order valence-corrected chi connectivity index (χ3v) is 8.58. The van der Waals surface area contributed by atoms with Crippen molar-refractivity contribution >= 4 is 28.5 Å². The summed E-state index contributed by atoms with van der Waals surface area (Å²) in [5.41, 5.74) is 3.92. The largest absolute Gasteiger partial charge is 0.494 e. The molecule has 10 nitrogen and oxygen atoms in total. The van der Waals surface area contributed by atoms with E-state index in [9.17, 15) is 4.79 Å². The van der Waals surface area contributed by atoms with Crippen molar-refractivity contribution in [3.63, 3.8) is 0 Å². The molecule has 3 fully saturated rings. The number of aromatic nitrogens is 4. The lowest BCUT2D eigenvalue weighted by Crippen LogP contribution is -2.44. The number of nitrogens with one attached hydrogen (secondary N) is 2. The monoisotopic (exact) mass is 532 g/mol. The van der Waals surface area contributed by atoms with Crippen LogP contribution in [-0.4, -0.2) is 77.8 Å². The molecule has 1 aliphatic carbocycles. The molecular formula is C29H40N8O2. The molecule has 0 spiro atoms. The summed E-state index contributed by atoms with van der Waals surface area (Å²) in [5, 5.41) is 6.81. The third kappa shape index (κ3) is 5.45. The number of hydrogen-bond donors (Lipinski definition) is 2. The van der Waals surface area contributed by atoms with Crippen LogP contribution in [-0.2, 0) is 0 Å².